The van der Waals surface area contributed by atoms with Crippen LogP contribution in [0.5, 0.6) is 0 Å². The highest BCUT2D eigenvalue weighted by Gasteiger charge is 2.50. The van der Waals surface area contributed by atoms with Gasteiger partial charge in [0.25, 0.3) is 0 Å². The summed E-state index contributed by atoms with van der Waals surface area (Å²) in [5, 5.41) is 0. The summed E-state index contributed by atoms with van der Waals surface area (Å²) in [6, 6.07) is 0. The third kappa shape index (κ3) is 2.71. The SMILES string of the molecule is CCC1(C)C(Br)CC1OC1CCCC(OC)C1. The molecule has 2 nitrogen and oxygen atoms in total. The molecule has 5 unspecified atom stereocenters. The molecule has 2 saturated carbocycles. The minimum Gasteiger partial charge on any atom is -0.381 e. The van der Waals surface area contributed by atoms with E-state index in [1.54, 1.807) is 0 Å². The molecule has 0 radical (unpaired) electrons. The molecule has 5 atom stereocenters. The Morgan fingerprint density at radius 2 is 1.94 bits per heavy atom. The summed E-state index contributed by atoms with van der Waals surface area (Å²) >= 11 is 3.77. The lowest BCUT2D eigenvalue weighted by atomic mass is 9.65. The summed E-state index contributed by atoms with van der Waals surface area (Å²) in [5.41, 5.74) is 0.333. The summed E-state index contributed by atoms with van der Waals surface area (Å²) in [7, 11) is 1.82. The molecule has 0 aliphatic heterocycles. The molecule has 0 heterocycles. The Labute approximate surface area is 114 Å². The van der Waals surface area contributed by atoms with E-state index in [4.69, 9.17) is 9.47 Å². The number of hydrogen-bond acceptors (Lipinski definition) is 2. The van der Waals surface area contributed by atoms with Gasteiger partial charge in [-0.1, -0.05) is 29.8 Å². The van der Waals surface area contributed by atoms with Gasteiger partial charge in [-0.3, -0.25) is 0 Å². The Morgan fingerprint density at radius 3 is 2.53 bits per heavy atom. The normalized spacial score (nSPS) is 46.6. The maximum absolute atomic E-state index is 6.33. The smallest absolute Gasteiger partial charge is 0.0653 e. The topological polar surface area (TPSA) is 18.5 Å². The van der Waals surface area contributed by atoms with Crippen LogP contribution in [0.1, 0.15) is 52.4 Å². The predicted octanol–water partition coefficient (Wildman–Crippen LogP) is 3.91. The van der Waals surface area contributed by atoms with Crippen molar-refractivity contribution >= 4 is 15.9 Å². The maximum Gasteiger partial charge on any atom is 0.0653 e. The van der Waals surface area contributed by atoms with Crippen molar-refractivity contribution < 1.29 is 9.47 Å². The Bertz CT molecular complexity index is 259. The van der Waals surface area contributed by atoms with Crippen LogP contribution in [0.2, 0.25) is 0 Å². The van der Waals surface area contributed by atoms with Crippen molar-refractivity contribution in [2.24, 2.45) is 5.41 Å². The van der Waals surface area contributed by atoms with Crippen molar-refractivity contribution in [3.05, 3.63) is 0 Å². The average molecular weight is 305 g/mol. The highest BCUT2D eigenvalue weighted by Crippen LogP contribution is 2.50. The molecule has 3 heteroatoms. The number of ether oxygens (including phenoxy) is 2. The van der Waals surface area contributed by atoms with Gasteiger partial charge in [-0.2, -0.15) is 0 Å². The number of alkyl halides is 1. The maximum atomic E-state index is 6.33. The molecule has 2 rings (SSSR count). The fourth-order valence-electron chi connectivity index (χ4n) is 3.10. The van der Waals surface area contributed by atoms with Crippen LogP contribution in [0.15, 0.2) is 0 Å². The van der Waals surface area contributed by atoms with Crippen molar-refractivity contribution in [2.45, 2.75) is 75.5 Å². The van der Waals surface area contributed by atoms with Crippen LogP contribution in [0.4, 0.5) is 0 Å². The fraction of sp³-hybridized carbons (Fsp3) is 1.00. The quantitative estimate of drug-likeness (QED) is 0.733. The third-order valence-corrected chi connectivity index (χ3v) is 6.32. The van der Waals surface area contributed by atoms with E-state index in [2.05, 4.69) is 29.8 Å². The molecule has 2 aliphatic carbocycles. The van der Waals surface area contributed by atoms with Crippen molar-refractivity contribution in [3.8, 4) is 0 Å². The van der Waals surface area contributed by atoms with Crippen molar-refractivity contribution in [2.75, 3.05) is 7.11 Å². The number of methoxy groups -OCH3 is 1. The molecule has 0 aromatic rings. The van der Waals surface area contributed by atoms with Crippen LogP contribution >= 0.6 is 15.9 Å². The van der Waals surface area contributed by atoms with Gasteiger partial charge in [0.15, 0.2) is 0 Å². The summed E-state index contributed by atoms with van der Waals surface area (Å²) in [6.07, 6.45) is 8.38. The van der Waals surface area contributed by atoms with E-state index in [0.717, 1.165) is 6.42 Å². The van der Waals surface area contributed by atoms with Crippen molar-refractivity contribution in [1.29, 1.82) is 0 Å². The standard InChI is InChI=1S/C14H25BrO2/c1-4-14(2)12(15)9-13(14)17-11-7-5-6-10(8-11)16-3/h10-13H,4-9H2,1-3H3. The molecular weight excluding hydrogens is 280 g/mol. The highest BCUT2D eigenvalue weighted by molar-refractivity contribution is 9.09. The first-order valence-electron chi connectivity index (χ1n) is 6.92. The Kier molecular flexibility index (Phi) is 4.54. The van der Waals surface area contributed by atoms with Crippen molar-refractivity contribution in [3.63, 3.8) is 0 Å². The van der Waals surface area contributed by atoms with E-state index < -0.39 is 0 Å². The molecule has 0 bridgehead atoms. The molecule has 0 N–H and O–H groups in total. The van der Waals surface area contributed by atoms with Crippen LogP contribution in [0.3, 0.4) is 0 Å². The summed E-state index contributed by atoms with van der Waals surface area (Å²) < 4.78 is 11.8. The van der Waals surface area contributed by atoms with Gasteiger partial charge in [0, 0.05) is 17.4 Å². The van der Waals surface area contributed by atoms with Crippen LogP contribution < -0.4 is 0 Å². The minimum absolute atomic E-state index is 0.333. The molecule has 2 aliphatic rings. The minimum atomic E-state index is 0.333. The van der Waals surface area contributed by atoms with Gasteiger partial charge < -0.3 is 9.47 Å². The van der Waals surface area contributed by atoms with Gasteiger partial charge >= 0.3 is 0 Å². The first kappa shape index (κ1) is 13.8. The van der Waals surface area contributed by atoms with E-state index in [1.807, 2.05) is 7.11 Å². The second-order valence-corrected chi connectivity index (χ2v) is 6.94. The van der Waals surface area contributed by atoms with Crippen molar-refractivity contribution in [1.82, 2.24) is 0 Å². The third-order valence-electron chi connectivity index (χ3n) is 4.90. The van der Waals surface area contributed by atoms with Gasteiger partial charge in [0.1, 0.15) is 0 Å². The lowest BCUT2D eigenvalue weighted by Gasteiger charge is -2.52. The largest absolute Gasteiger partial charge is 0.381 e. The van der Waals surface area contributed by atoms with E-state index in [-0.39, 0.29) is 0 Å². The van der Waals surface area contributed by atoms with Crippen LogP contribution in [0.25, 0.3) is 0 Å². The molecule has 0 aromatic heterocycles. The average Bonchev–Trinajstić information content (AvgIpc) is 2.37. The van der Waals surface area contributed by atoms with Gasteiger partial charge in [0.2, 0.25) is 0 Å². The first-order chi connectivity index (χ1) is 8.10. The Balaban J connectivity index is 1.85. The van der Waals surface area contributed by atoms with E-state index in [9.17, 15) is 0 Å². The van der Waals surface area contributed by atoms with E-state index >= 15 is 0 Å². The molecule has 100 valence electrons. The molecule has 0 amide bonds. The monoisotopic (exact) mass is 304 g/mol. The van der Waals surface area contributed by atoms with Gasteiger partial charge in [-0.15, -0.1) is 0 Å². The van der Waals surface area contributed by atoms with Gasteiger partial charge in [-0.25, -0.2) is 0 Å². The van der Waals surface area contributed by atoms with Crippen LogP contribution in [0, 0.1) is 5.41 Å². The zero-order chi connectivity index (χ0) is 12.5. The van der Waals surface area contributed by atoms with Gasteiger partial charge in [0.05, 0.1) is 18.3 Å². The highest BCUT2D eigenvalue weighted by atomic mass is 79.9. The Hall–Kier alpha value is 0.400. The number of hydrogen-bond donors (Lipinski definition) is 0. The molecule has 17 heavy (non-hydrogen) atoms. The van der Waals surface area contributed by atoms with E-state index in [1.165, 1.54) is 32.1 Å². The lowest BCUT2D eigenvalue weighted by molar-refractivity contribution is -0.149. The molecule has 0 aromatic carbocycles. The number of rotatable bonds is 4. The molecular formula is C14H25BrO2. The molecule has 0 saturated heterocycles. The van der Waals surface area contributed by atoms with Crippen LogP contribution in [-0.2, 0) is 9.47 Å². The summed E-state index contributed by atoms with van der Waals surface area (Å²) in [5.74, 6) is 0. The second-order valence-electron chi connectivity index (χ2n) is 5.83. The van der Waals surface area contributed by atoms with Crippen LogP contribution in [-0.4, -0.2) is 30.2 Å². The predicted molar refractivity (Wildman–Crippen MR) is 73.7 cm³/mol. The lowest BCUT2D eigenvalue weighted by Crippen LogP contribution is -2.54. The zero-order valence-corrected chi connectivity index (χ0v) is 12.8. The van der Waals surface area contributed by atoms with E-state index in [0.29, 0.717) is 28.6 Å². The second kappa shape index (κ2) is 5.58. The fourth-order valence-corrected chi connectivity index (χ4v) is 4.06. The first-order valence-corrected chi connectivity index (χ1v) is 7.84. The summed E-state index contributed by atoms with van der Waals surface area (Å²) in [6.45, 7) is 4.61. The zero-order valence-electron chi connectivity index (χ0n) is 11.2. The summed E-state index contributed by atoms with van der Waals surface area (Å²) in [4.78, 5) is 0.631. The Morgan fingerprint density at radius 1 is 1.24 bits per heavy atom. The molecule has 0 spiro atoms. The molecule has 2 fully saturated rings. The van der Waals surface area contributed by atoms with Gasteiger partial charge in [-0.05, 0) is 38.5 Å². The number of halogens is 1.